The predicted octanol–water partition coefficient (Wildman–Crippen LogP) is 5.30. The third-order valence-electron chi connectivity index (χ3n) is 5.83. The van der Waals surface area contributed by atoms with E-state index < -0.39 is 6.10 Å². The highest BCUT2D eigenvalue weighted by molar-refractivity contribution is 5.97. The molecule has 3 rings (SSSR count). The summed E-state index contributed by atoms with van der Waals surface area (Å²) in [6.45, 7) is 2.78. The Balaban J connectivity index is 1.66. The van der Waals surface area contributed by atoms with Crippen LogP contribution >= 0.6 is 0 Å². The van der Waals surface area contributed by atoms with Gasteiger partial charge in [0, 0.05) is 0 Å². The zero-order valence-electron chi connectivity index (χ0n) is 17.5. The van der Waals surface area contributed by atoms with Crippen LogP contribution < -0.4 is 0 Å². The molecule has 1 atom stereocenters. The van der Waals surface area contributed by atoms with Crippen LogP contribution in [0.5, 0.6) is 0 Å². The van der Waals surface area contributed by atoms with Crippen LogP contribution in [0.2, 0.25) is 0 Å². The maximum atomic E-state index is 12.2. The van der Waals surface area contributed by atoms with Crippen molar-refractivity contribution >= 4 is 5.97 Å². The van der Waals surface area contributed by atoms with Gasteiger partial charge in [0.1, 0.15) is 0 Å². The Morgan fingerprint density at radius 1 is 1.10 bits per heavy atom. The summed E-state index contributed by atoms with van der Waals surface area (Å²) in [4.78, 5) is 12.2. The van der Waals surface area contributed by atoms with Gasteiger partial charge < -0.3 is 14.6 Å². The number of aliphatic hydroxyl groups excluding tert-OH is 1. The van der Waals surface area contributed by atoms with E-state index in [1.54, 1.807) is 6.07 Å². The van der Waals surface area contributed by atoms with Gasteiger partial charge >= 0.3 is 5.97 Å². The molecule has 4 heteroatoms. The van der Waals surface area contributed by atoms with E-state index in [9.17, 15) is 9.90 Å². The molecule has 1 saturated carbocycles. The summed E-state index contributed by atoms with van der Waals surface area (Å²) >= 11 is 0. The van der Waals surface area contributed by atoms with Crippen LogP contribution in [0.3, 0.4) is 0 Å². The van der Waals surface area contributed by atoms with Gasteiger partial charge in [-0.25, -0.2) is 4.79 Å². The lowest BCUT2D eigenvalue weighted by Crippen LogP contribution is -2.21. The summed E-state index contributed by atoms with van der Waals surface area (Å²) < 4.78 is 10.8. The van der Waals surface area contributed by atoms with Gasteiger partial charge in [0.2, 0.25) is 0 Å². The second kappa shape index (κ2) is 10.6. The zero-order valence-corrected chi connectivity index (χ0v) is 17.5. The maximum Gasteiger partial charge on any atom is 0.338 e. The number of hydrogen-bond acceptors (Lipinski definition) is 4. The molecule has 0 bridgehead atoms. The normalized spacial score (nSPS) is 15.8. The first-order chi connectivity index (χ1) is 14.1. The van der Waals surface area contributed by atoms with Crippen molar-refractivity contribution in [3.8, 4) is 11.1 Å². The van der Waals surface area contributed by atoms with E-state index in [1.807, 2.05) is 43.3 Å². The largest absolute Gasteiger partial charge is 0.465 e. The van der Waals surface area contributed by atoms with E-state index in [0.29, 0.717) is 24.7 Å². The number of carbonyl (C=O) groups is 1. The van der Waals surface area contributed by atoms with Gasteiger partial charge in [0.15, 0.2) is 0 Å². The quantitative estimate of drug-likeness (QED) is 0.616. The number of rotatable bonds is 8. The molecule has 0 aromatic heterocycles. The number of benzene rings is 2. The molecule has 1 aliphatic carbocycles. The highest BCUT2D eigenvalue weighted by Gasteiger charge is 2.18. The lowest BCUT2D eigenvalue weighted by atomic mass is 9.85. The summed E-state index contributed by atoms with van der Waals surface area (Å²) in [5, 5.41) is 10.3. The minimum Gasteiger partial charge on any atom is -0.465 e. The van der Waals surface area contributed by atoms with Crippen LogP contribution in [-0.2, 0) is 16.1 Å². The van der Waals surface area contributed by atoms with Crippen LogP contribution in [0.15, 0.2) is 42.5 Å². The molecule has 4 nitrogen and oxygen atoms in total. The molecule has 156 valence electrons. The van der Waals surface area contributed by atoms with Crippen molar-refractivity contribution in [2.75, 3.05) is 13.7 Å². The van der Waals surface area contributed by atoms with E-state index in [0.717, 1.165) is 28.7 Å². The smallest absolute Gasteiger partial charge is 0.338 e. The molecule has 0 saturated heterocycles. The van der Waals surface area contributed by atoms with Gasteiger partial charge in [-0.15, -0.1) is 0 Å². The first-order valence-corrected chi connectivity index (χ1v) is 10.6. The summed E-state index contributed by atoms with van der Waals surface area (Å²) in [7, 11) is 1.40. The molecule has 2 aromatic carbocycles. The van der Waals surface area contributed by atoms with Gasteiger partial charge in [-0.1, -0.05) is 62.4 Å². The molecule has 0 spiro atoms. The fourth-order valence-corrected chi connectivity index (χ4v) is 4.26. The van der Waals surface area contributed by atoms with Crippen molar-refractivity contribution in [1.29, 1.82) is 0 Å². The molecule has 0 amide bonds. The van der Waals surface area contributed by atoms with E-state index >= 15 is 0 Å². The van der Waals surface area contributed by atoms with Crippen LogP contribution in [0.25, 0.3) is 11.1 Å². The fraction of sp³-hybridized carbons (Fsp3) is 0.480. The molecule has 1 unspecified atom stereocenters. The Labute approximate surface area is 173 Å². The third-order valence-corrected chi connectivity index (χ3v) is 5.83. The standard InChI is InChI=1S/C25H32O4/c1-18-8-6-7-11-22(18)24-15-20(12-13-23(24)25(27)28-2)16-29-17-21(26)14-19-9-4-3-5-10-19/h6-8,11-13,15,19,21,26H,3-5,9-10,14,16-17H2,1-2H3. The Bertz CT molecular complexity index is 808. The second-order valence-corrected chi connectivity index (χ2v) is 8.10. The Kier molecular flexibility index (Phi) is 7.84. The number of ether oxygens (including phenoxy) is 2. The topological polar surface area (TPSA) is 55.8 Å². The van der Waals surface area contributed by atoms with Gasteiger partial charge in [-0.3, -0.25) is 0 Å². The fourth-order valence-electron chi connectivity index (χ4n) is 4.26. The molecular formula is C25H32O4. The number of aliphatic hydroxyl groups is 1. The van der Waals surface area contributed by atoms with Gasteiger partial charge in [-0.2, -0.15) is 0 Å². The summed E-state index contributed by atoms with van der Waals surface area (Å²) in [6, 6.07) is 13.7. The number of methoxy groups -OCH3 is 1. The predicted molar refractivity (Wildman–Crippen MR) is 115 cm³/mol. The minimum absolute atomic E-state index is 0.342. The van der Waals surface area contributed by atoms with Gasteiger partial charge in [0.25, 0.3) is 0 Å². The molecule has 1 aliphatic rings. The van der Waals surface area contributed by atoms with Crippen molar-refractivity contribution in [3.05, 3.63) is 59.2 Å². The monoisotopic (exact) mass is 396 g/mol. The van der Waals surface area contributed by atoms with E-state index in [2.05, 4.69) is 0 Å². The van der Waals surface area contributed by atoms with Gasteiger partial charge in [-0.05, 0) is 53.6 Å². The Morgan fingerprint density at radius 3 is 2.59 bits per heavy atom. The first-order valence-electron chi connectivity index (χ1n) is 10.6. The second-order valence-electron chi connectivity index (χ2n) is 8.10. The van der Waals surface area contributed by atoms with Crippen LogP contribution in [-0.4, -0.2) is 30.9 Å². The molecule has 2 aromatic rings. The van der Waals surface area contributed by atoms with E-state index in [1.165, 1.54) is 39.2 Å². The van der Waals surface area contributed by atoms with Crippen molar-refractivity contribution in [3.63, 3.8) is 0 Å². The molecule has 29 heavy (non-hydrogen) atoms. The molecule has 1 N–H and O–H groups in total. The van der Waals surface area contributed by atoms with Crippen LogP contribution in [0.4, 0.5) is 0 Å². The molecule has 0 aliphatic heterocycles. The van der Waals surface area contributed by atoms with Crippen molar-refractivity contribution in [2.45, 2.75) is 58.2 Å². The number of esters is 1. The molecular weight excluding hydrogens is 364 g/mol. The van der Waals surface area contributed by atoms with Crippen LogP contribution in [0.1, 0.15) is 60.0 Å². The number of carbonyl (C=O) groups excluding carboxylic acids is 1. The highest BCUT2D eigenvalue weighted by atomic mass is 16.5. The lowest BCUT2D eigenvalue weighted by Gasteiger charge is -2.24. The number of hydrogen-bond donors (Lipinski definition) is 1. The number of aryl methyl sites for hydroxylation is 1. The van der Waals surface area contributed by atoms with E-state index in [-0.39, 0.29) is 5.97 Å². The SMILES string of the molecule is COC(=O)c1ccc(COCC(O)CC2CCCCC2)cc1-c1ccccc1C. The minimum atomic E-state index is -0.414. The Hall–Kier alpha value is -2.17. The van der Waals surface area contributed by atoms with Crippen molar-refractivity contribution < 1.29 is 19.4 Å². The summed E-state index contributed by atoms with van der Waals surface area (Å²) in [6.07, 6.45) is 6.77. The first kappa shape index (κ1) is 21.5. The zero-order chi connectivity index (χ0) is 20.6. The van der Waals surface area contributed by atoms with Crippen molar-refractivity contribution in [1.82, 2.24) is 0 Å². The average molecular weight is 397 g/mol. The molecule has 1 fully saturated rings. The molecule has 0 radical (unpaired) electrons. The molecule has 0 heterocycles. The highest BCUT2D eigenvalue weighted by Crippen LogP contribution is 2.29. The van der Waals surface area contributed by atoms with E-state index in [4.69, 9.17) is 9.47 Å². The average Bonchev–Trinajstić information content (AvgIpc) is 2.74. The maximum absolute atomic E-state index is 12.2. The summed E-state index contributed by atoms with van der Waals surface area (Å²) in [5.41, 5.74) is 4.47. The van der Waals surface area contributed by atoms with Crippen molar-refractivity contribution in [2.24, 2.45) is 5.92 Å². The van der Waals surface area contributed by atoms with Crippen LogP contribution in [0, 0.1) is 12.8 Å². The third kappa shape index (κ3) is 5.91. The summed E-state index contributed by atoms with van der Waals surface area (Å²) in [5.74, 6) is 0.285. The Morgan fingerprint density at radius 2 is 1.86 bits per heavy atom. The lowest BCUT2D eigenvalue weighted by molar-refractivity contribution is 0.0137. The van der Waals surface area contributed by atoms with Gasteiger partial charge in [0.05, 0.1) is 32.0 Å².